The van der Waals surface area contributed by atoms with Crippen LogP contribution in [0.15, 0.2) is 0 Å². The topological polar surface area (TPSA) is 61.8 Å². The largest absolute Gasteiger partial charge is 0.459 e. The molecule has 0 amide bonds. The minimum atomic E-state index is -4.91. The second-order valence-electron chi connectivity index (χ2n) is 7.89. The Labute approximate surface area is 156 Å². The smallest absolute Gasteiger partial charge is 0.376 e. The highest BCUT2D eigenvalue weighted by atomic mass is 19.3. The number of hydrogen-bond acceptors (Lipinski definition) is 5. The van der Waals surface area contributed by atoms with Crippen molar-refractivity contribution in [2.75, 3.05) is 13.2 Å². The van der Waals surface area contributed by atoms with Crippen LogP contribution in [0.3, 0.4) is 0 Å². The van der Waals surface area contributed by atoms with Crippen molar-refractivity contribution in [1.29, 1.82) is 0 Å². The fourth-order valence-corrected chi connectivity index (χ4v) is 4.20. The van der Waals surface area contributed by atoms with E-state index >= 15 is 0 Å². The fraction of sp³-hybridized carbons (Fsp3) is 0.882. The molecule has 4 aliphatic rings. The SMILES string of the molecule is CC(F)(F)C(=O)OCC(F)(F)C(F)(F)COC1C2CC3CC(C2)C(=O)OC1C3. The van der Waals surface area contributed by atoms with Crippen LogP contribution < -0.4 is 0 Å². The molecule has 2 aliphatic carbocycles. The Morgan fingerprint density at radius 2 is 1.68 bits per heavy atom. The summed E-state index contributed by atoms with van der Waals surface area (Å²) in [7, 11) is 0. The zero-order chi connectivity index (χ0) is 20.9. The van der Waals surface area contributed by atoms with Gasteiger partial charge in [-0.05, 0) is 37.5 Å². The molecule has 2 aliphatic heterocycles. The van der Waals surface area contributed by atoms with Gasteiger partial charge in [0.05, 0.1) is 12.0 Å². The van der Waals surface area contributed by atoms with Crippen molar-refractivity contribution in [1.82, 2.24) is 0 Å². The van der Waals surface area contributed by atoms with Crippen LogP contribution in [0.1, 0.15) is 32.6 Å². The van der Waals surface area contributed by atoms with Crippen LogP contribution in [0.25, 0.3) is 0 Å². The zero-order valence-corrected chi connectivity index (χ0v) is 14.9. The minimum Gasteiger partial charge on any atom is -0.459 e. The first-order valence-corrected chi connectivity index (χ1v) is 8.93. The van der Waals surface area contributed by atoms with Crippen molar-refractivity contribution in [2.45, 2.75) is 62.6 Å². The van der Waals surface area contributed by atoms with E-state index in [0.29, 0.717) is 25.7 Å². The molecule has 5 nitrogen and oxygen atoms in total. The summed E-state index contributed by atoms with van der Waals surface area (Å²) in [6, 6.07) is 0. The van der Waals surface area contributed by atoms with E-state index in [-0.39, 0.29) is 24.7 Å². The molecule has 0 N–H and O–H groups in total. The lowest BCUT2D eigenvalue weighted by molar-refractivity contribution is -0.264. The summed E-state index contributed by atoms with van der Waals surface area (Å²) >= 11 is 0. The third-order valence-electron chi connectivity index (χ3n) is 5.57. The Morgan fingerprint density at radius 3 is 2.32 bits per heavy atom. The van der Waals surface area contributed by atoms with E-state index in [1.54, 1.807) is 0 Å². The Hall–Kier alpha value is -1.52. The van der Waals surface area contributed by atoms with Crippen molar-refractivity contribution in [3.63, 3.8) is 0 Å². The predicted octanol–water partition coefficient (Wildman–Crippen LogP) is 3.20. The number of esters is 2. The molecule has 28 heavy (non-hydrogen) atoms. The van der Waals surface area contributed by atoms with Gasteiger partial charge in [0, 0.05) is 6.92 Å². The average molecular weight is 418 g/mol. The number of ether oxygens (including phenoxy) is 3. The molecular weight excluding hydrogens is 398 g/mol. The molecule has 0 spiro atoms. The lowest BCUT2D eigenvalue weighted by atomic mass is 9.67. The van der Waals surface area contributed by atoms with E-state index < -0.39 is 55.1 Å². The number of fused-ring (bicyclic) bond motifs is 1. The van der Waals surface area contributed by atoms with Gasteiger partial charge in [-0.1, -0.05) is 0 Å². The third kappa shape index (κ3) is 4.08. The van der Waals surface area contributed by atoms with Crippen molar-refractivity contribution in [3.05, 3.63) is 0 Å². The molecule has 11 heteroatoms. The van der Waals surface area contributed by atoms with E-state index in [9.17, 15) is 35.9 Å². The first-order chi connectivity index (χ1) is 12.8. The number of alkyl halides is 6. The van der Waals surface area contributed by atoms with Crippen molar-refractivity contribution >= 4 is 11.9 Å². The van der Waals surface area contributed by atoms with Gasteiger partial charge >= 0.3 is 29.7 Å². The van der Waals surface area contributed by atoms with E-state index in [1.807, 2.05) is 0 Å². The van der Waals surface area contributed by atoms with Crippen LogP contribution in [0.2, 0.25) is 0 Å². The molecule has 2 saturated heterocycles. The highest BCUT2D eigenvalue weighted by molar-refractivity contribution is 5.77. The van der Waals surface area contributed by atoms with Gasteiger partial charge in [0.25, 0.3) is 0 Å². The van der Waals surface area contributed by atoms with Gasteiger partial charge in [0.15, 0.2) is 6.61 Å². The molecule has 4 rings (SSSR count). The van der Waals surface area contributed by atoms with Gasteiger partial charge in [0.1, 0.15) is 12.7 Å². The lowest BCUT2D eigenvalue weighted by Gasteiger charge is -2.42. The Kier molecular flexibility index (Phi) is 5.35. The van der Waals surface area contributed by atoms with Crippen LogP contribution in [-0.2, 0) is 23.8 Å². The standard InChI is InChI=1S/C17H20F6O5/c1-15(18,19)14(25)27-7-17(22,23)16(20,21)6-26-12-9-2-8-3-10(5-9)13(24)28-11(12)4-8/h8-12H,2-7H2,1H3. The van der Waals surface area contributed by atoms with E-state index in [4.69, 9.17) is 9.47 Å². The summed E-state index contributed by atoms with van der Waals surface area (Å²) in [5.41, 5.74) is 0. The van der Waals surface area contributed by atoms with Gasteiger partial charge in [-0.3, -0.25) is 4.79 Å². The molecule has 160 valence electrons. The van der Waals surface area contributed by atoms with Gasteiger partial charge in [-0.15, -0.1) is 0 Å². The summed E-state index contributed by atoms with van der Waals surface area (Å²) in [5.74, 6) is -16.9. The summed E-state index contributed by atoms with van der Waals surface area (Å²) in [5, 5.41) is 0. The maximum absolute atomic E-state index is 14.0. The highest BCUT2D eigenvalue weighted by Crippen LogP contribution is 2.48. The number of halogens is 6. The maximum Gasteiger partial charge on any atom is 0.376 e. The van der Waals surface area contributed by atoms with Crippen molar-refractivity contribution in [3.8, 4) is 0 Å². The Balaban J connectivity index is 1.61. The van der Waals surface area contributed by atoms with Crippen LogP contribution in [0.5, 0.6) is 0 Å². The molecule has 5 unspecified atom stereocenters. The molecule has 2 saturated carbocycles. The molecule has 2 heterocycles. The van der Waals surface area contributed by atoms with Crippen molar-refractivity contribution < 1.29 is 50.1 Å². The molecule has 5 atom stereocenters. The number of hydrogen-bond donors (Lipinski definition) is 0. The zero-order valence-electron chi connectivity index (χ0n) is 14.9. The first-order valence-electron chi connectivity index (χ1n) is 8.93. The van der Waals surface area contributed by atoms with Crippen LogP contribution >= 0.6 is 0 Å². The van der Waals surface area contributed by atoms with Gasteiger partial charge in [-0.2, -0.15) is 26.3 Å². The molecule has 0 aromatic rings. The van der Waals surface area contributed by atoms with Crippen LogP contribution in [0.4, 0.5) is 26.3 Å². The number of carbonyl (C=O) groups is 2. The second kappa shape index (κ2) is 7.07. The Morgan fingerprint density at radius 1 is 1.04 bits per heavy atom. The third-order valence-corrected chi connectivity index (χ3v) is 5.57. The summed E-state index contributed by atoms with van der Waals surface area (Å²) < 4.78 is 94.8. The molecule has 4 fully saturated rings. The summed E-state index contributed by atoms with van der Waals surface area (Å²) in [6.07, 6.45) is 0.412. The Bertz CT molecular complexity index is 634. The molecular formula is C17H20F6O5. The van der Waals surface area contributed by atoms with Gasteiger partial charge < -0.3 is 14.2 Å². The molecule has 0 radical (unpaired) electrons. The normalized spacial score (nSPS) is 32.8. The van der Waals surface area contributed by atoms with Crippen molar-refractivity contribution in [2.24, 2.45) is 17.8 Å². The monoisotopic (exact) mass is 418 g/mol. The minimum absolute atomic E-state index is 0.103. The number of carbonyl (C=O) groups excluding carboxylic acids is 2. The fourth-order valence-electron chi connectivity index (χ4n) is 4.20. The maximum atomic E-state index is 14.0. The number of rotatable bonds is 7. The van der Waals surface area contributed by atoms with E-state index in [0.717, 1.165) is 0 Å². The van der Waals surface area contributed by atoms with Crippen LogP contribution in [0, 0.1) is 17.8 Å². The second-order valence-corrected chi connectivity index (χ2v) is 7.89. The molecule has 0 aromatic heterocycles. The van der Waals surface area contributed by atoms with Gasteiger partial charge in [0.2, 0.25) is 0 Å². The average Bonchev–Trinajstić information content (AvgIpc) is 2.73. The van der Waals surface area contributed by atoms with E-state index in [1.165, 1.54) is 0 Å². The van der Waals surface area contributed by atoms with E-state index in [2.05, 4.69) is 4.74 Å². The summed E-state index contributed by atoms with van der Waals surface area (Å²) in [6.45, 7) is -3.82. The molecule has 0 aromatic carbocycles. The highest BCUT2D eigenvalue weighted by Gasteiger charge is 2.59. The lowest BCUT2D eigenvalue weighted by Crippen LogP contribution is -2.51. The predicted molar refractivity (Wildman–Crippen MR) is 80.0 cm³/mol. The van der Waals surface area contributed by atoms with Crippen LogP contribution in [-0.4, -0.2) is 55.1 Å². The quantitative estimate of drug-likeness (QED) is 0.470. The van der Waals surface area contributed by atoms with Gasteiger partial charge in [-0.25, -0.2) is 4.79 Å². The first kappa shape index (κ1) is 21.2. The summed E-state index contributed by atoms with van der Waals surface area (Å²) in [4.78, 5) is 22.8. The molecule has 4 bridgehead atoms.